The summed E-state index contributed by atoms with van der Waals surface area (Å²) in [5.41, 5.74) is 8.59. The summed E-state index contributed by atoms with van der Waals surface area (Å²) in [6.45, 7) is 2.32. The van der Waals surface area contributed by atoms with Crippen molar-refractivity contribution in [1.82, 2.24) is 30.3 Å². The van der Waals surface area contributed by atoms with Gasteiger partial charge in [0.25, 0.3) is 5.89 Å². The summed E-state index contributed by atoms with van der Waals surface area (Å²) in [6, 6.07) is 15.2. The zero-order chi connectivity index (χ0) is 20.2. The SMILES string of the molecule is COc1cccc(CC(c2nc(-c3ccc(CN)cc3)no2)n2nnnc2C)c1.Cl. The van der Waals surface area contributed by atoms with Gasteiger partial charge in [-0.1, -0.05) is 41.6 Å². The van der Waals surface area contributed by atoms with Crippen LogP contribution >= 0.6 is 12.4 Å². The van der Waals surface area contributed by atoms with Gasteiger partial charge in [0.2, 0.25) is 5.82 Å². The van der Waals surface area contributed by atoms with Crippen molar-refractivity contribution in [3.63, 3.8) is 0 Å². The Kier molecular flexibility index (Phi) is 6.76. The van der Waals surface area contributed by atoms with E-state index in [9.17, 15) is 0 Å². The van der Waals surface area contributed by atoms with Crippen molar-refractivity contribution in [2.24, 2.45) is 5.73 Å². The Morgan fingerprint density at radius 1 is 1.13 bits per heavy atom. The van der Waals surface area contributed by atoms with Crippen LogP contribution in [0.15, 0.2) is 53.1 Å². The molecule has 2 N–H and O–H groups in total. The summed E-state index contributed by atoms with van der Waals surface area (Å²) in [5, 5.41) is 16.0. The molecule has 0 bridgehead atoms. The van der Waals surface area contributed by atoms with Gasteiger partial charge in [-0.15, -0.1) is 17.5 Å². The second kappa shape index (κ2) is 9.47. The number of hydrogen-bond donors (Lipinski definition) is 1. The van der Waals surface area contributed by atoms with Crippen molar-refractivity contribution >= 4 is 12.4 Å². The average Bonchev–Trinajstić information content (AvgIpc) is 3.42. The largest absolute Gasteiger partial charge is 0.497 e. The molecule has 0 fully saturated rings. The molecule has 9 nitrogen and oxygen atoms in total. The second-order valence-corrected chi connectivity index (χ2v) is 6.60. The number of tetrazole rings is 1. The molecule has 156 valence electrons. The smallest absolute Gasteiger partial charge is 0.252 e. The van der Waals surface area contributed by atoms with Gasteiger partial charge in [-0.3, -0.25) is 0 Å². The molecule has 4 aromatic rings. The molecule has 4 rings (SSSR count). The maximum absolute atomic E-state index is 5.66. The number of rotatable bonds is 7. The molecule has 0 aliphatic rings. The van der Waals surface area contributed by atoms with E-state index in [2.05, 4.69) is 25.7 Å². The Bertz CT molecular complexity index is 1090. The van der Waals surface area contributed by atoms with Gasteiger partial charge in [-0.05, 0) is 40.6 Å². The fraction of sp³-hybridized carbons (Fsp3) is 0.250. The van der Waals surface area contributed by atoms with E-state index in [1.165, 1.54) is 0 Å². The van der Waals surface area contributed by atoms with Gasteiger partial charge in [0.15, 0.2) is 0 Å². The molecule has 0 amide bonds. The fourth-order valence-corrected chi connectivity index (χ4v) is 3.11. The summed E-state index contributed by atoms with van der Waals surface area (Å²) in [4.78, 5) is 4.62. The van der Waals surface area contributed by atoms with E-state index in [-0.39, 0.29) is 18.4 Å². The van der Waals surface area contributed by atoms with Crippen molar-refractivity contribution in [3.05, 3.63) is 71.4 Å². The highest BCUT2D eigenvalue weighted by Crippen LogP contribution is 2.26. The van der Waals surface area contributed by atoms with Crippen molar-refractivity contribution < 1.29 is 9.26 Å². The monoisotopic (exact) mass is 427 g/mol. The van der Waals surface area contributed by atoms with Crippen LogP contribution in [-0.4, -0.2) is 37.5 Å². The first-order valence-electron chi connectivity index (χ1n) is 9.18. The van der Waals surface area contributed by atoms with Gasteiger partial charge in [-0.25, -0.2) is 4.68 Å². The molecule has 0 saturated heterocycles. The fourth-order valence-electron chi connectivity index (χ4n) is 3.11. The first-order chi connectivity index (χ1) is 14.2. The van der Waals surface area contributed by atoms with Crippen LogP contribution in [0.25, 0.3) is 11.4 Å². The molecular formula is C20H22ClN7O2. The topological polar surface area (TPSA) is 118 Å². The number of benzene rings is 2. The lowest BCUT2D eigenvalue weighted by molar-refractivity contribution is 0.319. The molecule has 0 aliphatic heterocycles. The minimum absolute atomic E-state index is 0. The highest BCUT2D eigenvalue weighted by atomic mass is 35.5. The lowest BCUT2D eigenvalue weighted by atomic mass is 10.1. The van der Waals surface area contributed by atoms with Gasteiger partial charge in [0.1, 0.15) is 17.6 Å². The Labute approximate surface area is 179 Å². The second-order valence-electron chi connectivity index (χ2n) is 6.60. The molecule has 0 spiro atoms. The maximum Gasteiger partial charge on any atom is 0.252 e. The maximum atomic E-state index is 5.66. The van der Waals surface area contributed by atoms with E-state index >= 15 is 0 Å². The lowest BCUT2D eigenvalue weighted by Crippen LogP contribution is -2.17. The Balaban J connectivity index is 0.00000256. The number of hydrogen-bond acceptors (Lipinski definition) is 8. The number of nitrogens with zero attached hydrogens (tertiary/aromatic N) is 6. The minimum atomic E-state index is -0.346. The molecule has 10 heteroatoms. The van der Waals surface area contributed by atoms with Crippen molar-refractivity contribution in [3.8, 4) is 17.1 Å². The molecule has 2 heterocycles. The van der Waals surface area contributed by atoms with Crippen molar-refractivity contribution in [1.29, 1.82) is 0 Å². The molecule has 30 heavy (non-hydrogen) atoms. The molecular weight excluding hydrogens is 406 g/mol. The Morgan fingerprint density at radius 3 is 2.60 bits per heavy atom. The van der Waals surface area contributed by atoms with Crippen LogP contribution in [0.3, 0.4) is 0 Å². The summed E-state index contributed by atoms with van der Waals surface area (Å²) in [5.74, 6) is 2.37. The Hall–Kier alpha value is -3.30. The van der Waals surface area contributed by atoms with E-state index in [1.807, 2.05) is 55.5 Å². The van der Waals surface area contributed by atoms with Gasteiger partial charge in [0, 0.05) is 18.5 Å². The van der Waals surface area contributed by atoms with Gasteiger partial charge < -0.3 is 15.0 Å². The summed E-state index contributed by atoms with van der Waals surface area (Å²) in [6.07, 6.45) is 0.566. The zero-order valence-corrected chi connectivity index (χ0v) is 17.4. The van der Waals surface area contributed by atoms with E-state index in [1.54, 1.807) is 11.8 Å². The number of ether oxygens (including phenoxy) is 1. The minimum Gasteiger partial charge on any atom is -0.497 e. The highest BCUT2D eigenvalue weighted by Gasteiger charge is 2.25. The van der Waals surface area contributed by atoms with Crippen LogP contribution < -0.4 is 10.5 Å². The predicted octanol–water partition coefficient (Wildman–Crippen LogP) is 2.75. The third-order valence-electron chi connectivity index (χ3n) is 4.69. The third kappa shape index (κ3) is 4.47. The van der Waals surface area contributed by atoms with E-state index in [4.69, 9.17) is 15.0 Å². The highest BCUT2D eigenvalue weighted by molar-refractivity contribution is 5.85. The standard InChI is InChI=1S/C20H21N7O2.ClH/c1-13-23-25-26-27(13)18(11-15-4-3-5-17(10-15)28-2)20-22-19(24-29-20)16-8-6-14(12-21)7-9-16;/h3-10,18H,11-12,21H2,1-2H3;1H. The quantitative estimate of drug-likeness (QED) is 0.478. The van der Waals surface area contributed by atoms with Gasteiger partial charge >= 0.3 is 0 Å². The molecule has 1 unspecified atom stereocenters. The first-order valence-corrected chi connectivity index (χ1v) is 9.18. The Morgan fingerprint density at radius 2 is 1.93 bits per heavy atom. The number of nitrogens with two attached hydrogens (primary N) is 1. The normalized spacial score (nSPS) is 11.7. The van der Waals surface area contributed by atoms with Crippen LogP contribution in [-0.2, 0) is 13.0 Å². The summed E-state index contributed by atoms with van der Waals surface area (Å²) in [7, 11) is 1.64. The molecule has 2 aromatic heterocycles. The van der Waals surface area contributed by atoms with E-state index in [0.29, 0.717) is 30.5 Å². The average molecular weight is 428 g/mol. The van der Waals surface area contributed by atoms with E-state index < -0.39 is 0 Å². The number of methoxy groups -OCH3 is 1. The number of aromatic nitrogens is 6. The molecule has 2 aromatic carbocycles. The molecule has 0 radical (unpaired) electrons. The van der Waals surface area contributed by atoms with Gasteiger partial charge in [0.05, 0.1) is 7.11 Å². The molecule has 0 aliphatic carbocycles. The predicted molar refractivity (Wildman–Crippen MR) is 112 cm³/mol. The van der Waals surface area contributed by atoms with Gasteiger partial charge in [-0.2, -0.15) is 4.98 Å². The zero-order valence-electron chi connectivity index (χ0n) is 16.6. The van der Waals surface area contributed by atoms with E-state index in [0.717, 1.165) is 22.4 Å². The summed E-state index contributed by atoms with van der Waals surface area (Å²) < 4.78 is 12.6. The number of halogens is 1. The first kappa shape index (κ1) is 21.4. The van der Waals surface area contributed by atoms with Crippen LogP contribution in [0.5, 0.6) is 5.75 Å². The van der Waals surface area contributed by atoms with Crippen LogP contribution in [0, 0.1) is 6.92 Å². The van der Waals surface area contributed by atoms with Crippen molar-refractivity contribution in [2.75, 3.05) is 7.11 Å². The lowest BCUT2D eigenvalue weighted by Gasteiger charge is -2.14. The third-order valence-corrected chi connectivity index (χ3v) is 4.69. The summed E-state index contributed by atoms with van der Waals surface area (Å²) >= 11 is 0. The van der Waals surface area contributed by atoms with Crippen LogP contribution in [0.2, 0.25) is 0 Å². The molecule has 1 atom stereocenters. The number of aryl methyl sites for hydroxylation is 1. The van der Waals surface area contributed by atoms with Crippen molar-refractivity contribution in [2.45, 2.75) is 25.9 Å². The van der Waals surface area contributed by atoms with Crippen LogP contribution in [0.4, 0.5) is 0 Å². The van der Waals surface area contributed by atoms with Crippen LogP contribution in [0.1, 0.15) is 28.9 Å². The molecule has 0 saturated carbocycles.